The SMILES string of the molecule is COc1cc(NC(C)=O)c(Cl)cc1C(=O)Nc1ccccc1C(=O)N1CCN(c2ccccc2)CC1. The summed E-state index contributed by atoms with van der Waals surface area (Å²) in [6.45, 7) is 3.95. The molecule has 8 nitrogen and oxygen atoms in total. The van der Waals surface area contributed by atoms with Crippen LogP contribution in [-0.2, 0) is 4.79 Å². The molecular weight excluding hydrogens is 480 g/mol. The van der Waals surface area contributed by atoms with Crippen molar-refractivity contribution in [3.63, 3.8) is 0 Å². The van der Waals surface area contributed by atoms with Crippen LogP contribution >= 0.6 is 11.6 Å². The van der Waals surface area contributed by atoms with Crippen molar-refractivity contribution in [3.05, 3.63) is 82.9 Å². The third kappa shape index (κ3) is 5.60. The molecule has 0 spiro atoms. The minimum atomic E-state index is -0.489. The number of nitrogens with zero attached hydrogens (tertiary/aromatic N) is 2. The molecular formula is C27H27ClN4O4. The Hall–Kier alpha value is -4.04. The largest absolute Gasteiger partial charge is 0.496 e. The van der Waals surface area contributed by atoms with Gasteiger partial charge in [0.1, 0.15) is 5.75 Å². The number of methoxy groups -OCH3 is 1. The predicted molar refractivity (Wildman–Crippen MR) is 141 cm³/mol. The zero-order valence-corrected chi connectivity index (χ0v) is 20.8. The Morgan fingerprint density at radius 3 is 2.17 bits per heavy atom. The van der Waals surface area contributed by atoms with Gasteiger partial charge in [0, 0.05) is 44.9 Å². The van der Waals surface area contributed by atoms with Crippen LogP contribution in [0.15, 0.2) is 66.7 Å². The molecule has 0 unspecified atom stereocenters. The molecule has 9 heteroatoms. The number of ether oxygens (including phenoxy) is 1. The van der Waals surface area contributed by atoms with E-state index in [0.29, 0.717) is 30.0 Å². The molecule has 2 N–H and O–H groups in total. The highest BCUT2D eigenvalue weighted by molar-refractivity contribution is 6.34. The van der Waals surface area contributed by atoms with Gasteiger partial charge in [-0.05, 0) is 30.3 Å². The Morgan fingerprint density at radius 2 is 1.50 bits per heavy atom. The Balaban J connectivity index is 1.50. The minimum absolute atomic E-state index is 0.149. The van der Waals surface area contributed by atoms with Gasteiger partial charge in [-0.2, -0.15) is 0 Å². The van der Waals surface area contributed by atoms with Crippen LogP contribution in [0.25, 0.3) is 0 Å². The van der Waals surface area contributed by atoms with E-state index in [1.165, 1.54) is 26.2 Å². The first-order valence-electron chi connectivity index (χ1n) is 11.5. The number of halogens is 1. The van der Waals surface area contributed by atoms with E-state index in [4.69, 9.17) is 16.3 Å². The number of anilines is 3. The van der Waals surface area contributed by atoms with Crippen molar-refractivity contribution in [1.29, 1.82) is 0 Å². The molecule has 0 bridgehead atoms. The lowest BCUT2D eigenvalue weighted by molar-refractivity contribution is -0.114. The van der Waals surface area contributed by atoms with E-state index >= 15 is 0 Å². The number of piperazine rings is 1. The van der Waals surface area contributed by atoms with Gasteiger partial charge in [-0.3, -0.25) is 14.4 Å². The summed E-state index contributed by atoms with van der Waals surface area (Å²) in [5.74, 6) is -0.698. The van der Waals surface area contributed by atoms with E-state index in [2.05, 4.69) is 27.7 Å². The zero-order valence-electron chi connectivity index (χ0n) is 20.1. The Labute approximate surface area is 214 Å². The summed E-state index contributed by atoms with van der Waals surface area (Å²) in [4.78, 5) is 42.0. The van der Waals surface area contributed by atoms with Gasteiger partial charge in [-0.15, -0.1) is 0 Å². The van der Waals surface area contributed by atoms with Gasteiger partial charge in [-0.1, -0.05) is 41.9 Å². The van der Waals surface area contributed by atoms with E-state index in [1.54, 1.807) is 29.2 Å². The number of carbonyl (C=O) groups excluding carboxylic acids is 3. The summed E-state index contributed by atoms with van der Waals surface area (Å²) < 4.78 is 5.35. The molecule has 1 aliphatic heterocycles. The number of amides is 3. The lowest BCUT2D eigenvalue weighted by atomic mass is 10.1. The summed E-state index contributed by atoms with van der Waals surface area (Å²) in [7, 11) is 1.42. The summed E-state index contributed by atoms with van der Waals surface area (Å²) >= 11 is 6.27. The van der Waals surface area contributed by atoms with Crippen LogP contribution < -0.4 is 20.3 Å². The lowest BCUT2D eigenvalue weighted by Crippen LogP contribution is -2.48. The lowest BCUT2D eigenvalue weighted by Gasteiger charge is -2.36. The third-order valence-corrected chi connectivity index (χ3v) is 6.25. The zero-order chi connectivity index (χ0) is 25.7. The molecule has 1 fully saturated rings. The normalized spacial score (nSPS) is 13.2. The maximum absolute atomic E-state index is 13.4. The average molecular weight is 507 g/mol. The van der Waals surface area contributed by atoms with Crippen LogP contribution in [0, 0.1) is 0 Å². The van der Waals surface area contributed by atoms with E-state index < -0.39 is 5.91 Å². The van der Waals surface area contributed by atoms with E-state index in [-0.39, 0.29) is 28.1 Å². The first kappa shape index (κ1) is 25.1. The van der Waals surface area contributed by atoms with Gasteiger partial charge in [0.05, 0.1) is 34.6 Å². The first-order valence-corrected chi connectivity index (χ1v) is 11.9. The van der Waals surface area contributed by atoms with Crippen molar-refractivity contribution in [2.24, 2.45) is 0 Å². The molecule has 3 amide bonds. The maximum atomic E-state index is 13.4. The van der Waals surface area contributed by atoms with E-state index in [9.17, 15) is 14.4 Å². The van der Waals surface area contributed by atoms with Gasteiger partial charge in [0.2, 0.25) is 5.91 Å². The molecule has 0 radical (unpaired) electrons. The van der Waals surface area contributed by atoms with Gasteiger partial charge in [-0.25, -0.2) is 0 Å². The fourth-order valence-electron chi connectivity index (χ4n) is 4.13. The quantitative estimate of drug-likeness (QED) is 0.513. The summed E-state index contributed by atoms with van der Waals surface area (Å²) in [6.07, 6.45) is 0. The Morgan fingerprint density at radius 1 is 0.833 bits per heavy atom. The molecule has 0 saturated carbocycles. The maximum Gasteiger partial charge on any atom is 0.259 e. The van der Waals surface area contributed by atoms with Crippen LogP contribution in [0.4, 0.5) is 17.1 Å². The van der Waals surface area contributed by atoms with Crippen LogP contribution in [0.2, 0.25) is 5.02 Å². The fraction of sp³-hybridized carbons (Fsp3) is 0.222. The summed E-state index contributed by atoms with van der Waals surface area (Å²) in [5.41, 5.74) is 2.44. The number of rotatable bonds is 6. The smallest absolute Gasteiger partial charge is 0.259 e. The second-order valence-corrected chi connectivity index (χ2v) is 8.74. The standard InChI is InChI=1S/C27H27ClN4O4/c1-18(33)29-24-17-25(36-2)21(16-22(24)28)26(34)30-23-11-7-6-10-20(23)27(35)32-14-12-31(13-15-32)19-8-4-3-5-9-19/h3-11,16-17H,12-15H2,1-2H3,(H,29,33)(H,30,34). The van der Waals surface area contributed by atoms with E-state index in [0.717, 1.165) is 18.8 Å². The summed E-state index contributed by atoms with van der Waals surface area (Å²) in [5, 5.41) is 5.61. The molecule has 3 aromatic carbocycles. The second-order valence-electron chi connectivity index (χ2n) is 8.33. The number of hydrogen-bond acceptors (Lipinski definition) is 5. The summed E-state index contributed by atoms with van der Waals surface area (Å²) in [6, 6.07) is 19.9. The molecule has 186 valence electrons. The highest BCUT2D eigenvalue weighted by Gasteiger charge is 2.25. The molecule has 0 aromatic heterocycles. The van der Waals surface area contributed by atoms with Crippen LogP contribution in [-0.4, -0.2) is 55.9 Å². The molecule has 4 rings (SSSR count). The van der Waals surface area contributed by atoms with Gasteiger partial charge in [0.15, 0.2) is 0 Å². The van der Waals surface area contributed by atoms with Crippen LogP contribution in [0.3, 0.4) is 0 Å². The van der Waals surface area contributed by atoms with Crippen molar-refractivity contribution in [2.45, 2.75) is 6.92 Å². The molecule has 1 saturated heterocycles. The average Bonchev–Trinajstić information content (AvgIpc) is 2.90. The molecule has 0 atom stereocenters. The number of benzene rings is 3. The molecule has 1 heterocycles. The highest BCUT2D eigenvalue weighted by Crippen LogP contribution is 2.32. The Bertz CT molecular complexity index is 1270. The fourth-order valence-corrected chi connectivity index (χ4v) is 4.34. The third-order valence-electron chi connectivity index (χ3n) is 5.94. The highest BCUT2D eigenvalue weighted by atomic mass is 35.5. The van der Waals surface area contributed by atoms with Crippen molar-refractivity contribution in [1.82, 2.24) is 4.90 Å². The van der Waals surface area contributed by atoms with Crippen molar-refractivity contribution < 1.29 is 19.1 Å². The van der Waals surface area contributed by atoms with E-state index in [1.807, 2.05) is 18.2 Å². The number of hydrogen-bond donors (Lipinski definition) is 2. The van der Waals surface area contributed by atoms with Crippen molar-refractivity contribution in [2.75, 3.05) is 48.8 Å². The van der Waals surface area contributed by atoms with Crippen molar-refractivity contribution in [3.8, 4) is 5.75 Å². The number of nitrogens with one attached hydrogen (secondary N) is 2. The molecule has 1 aliphatic rings. The van der Waals surface area contributed by atoms with Crippen LogP contribution in [0.1, 0.15) is 27.6 Å². The topological polar surface area (TPSA) is 91.0 Å². The number of para-hydroxylation sites is 2. The van der Waals surface area contributed by atoms with Crippen molar-refractivity contribution >= 4 is 46.4 Å². The number of carbonyl (C=O) groups is 3. The van der Waals surface area contributed by atoms with Gasteiger partial charge < -0.3 is 25.2 Å². The predicted octanol–water partition coefficient (Wildman–Crippen LogP) is 4.52. The first-order chi connectivity index (χ1) is 17.4. The van der Waals surface area contributed by atoms with Gasteiger partial charge >= 0.3 is 0 Å². The molecule has 36 heavy (non-hydrogen) atoms. The minimum Gasteiger partial charge on any atom is -0.496 e. The second kappa shape index (κ2) is 11.1. The molecule has 0 aliphatic carbocycles. The monoisotopic (exact) mass is 506 g/mol. The van der Waals surface area contributed by atoms with Gasteiger partial charge in [0.25, 0.3) is 11.8 Å². The molecule has 3 aromatic rings. The van der Waals surface area contributed by atoms with Crippen LogP contribution in [0.5, 0.6) is 5.75 Å². The Kier molecular flexibility index (Phi) is 7.75.